The van der Waals surface area contributed by atoms with Crippen molar-refractivity contribution >= 4 is 47.3 Å². The average Bonchev–Trinajstić information content (AvgIpc) is 3.08. The maximum Gasteiger partial charge on any atom is 0.326 e. The van der Waals surface area contributed by atoms with Gasteiger partial charge in [-0.2, -0.15) is 12.6 Å². The SMILES string of the molecule is O=C(O)CC(NC(=O)C(S)CO)C(=O)NC(Cc1c[nH]c2ccccc12)C(=O)O. The number of carbonyl (C=O) groups excluding carboxylic acids is 2. The Balaban J connectivity index is 2.15. The summed E-state index contributed by atoms with van der Waals surface area (Å²) in [4.78, 5) is 50.0. The number of carboxylic acids is 2. The number of para-hydroxylation sites is 1. The minimum Gasteiger partial charge on any atom is -0.481 e. The molecule has 0 aliphatic rings. The molecule has 0 bridgehead atoms. The predicted molar refractivity (Wildman–Crippen MR) is 106 cm³/mol. The van der Waals surface area contributed by atoms with E-state index in [-0.39, 0.29) is 6.42 Å². The second-order valence-electron chi connectivity index (χ2n) is 6.32. The van der Waals surface area contributed by atoms with E-state index >= 15 is 0 Å². The van der Waals surface area contributed by atoms with Crippen LogP contribution in [0.3, 0.4) is 0 Å². The first-order valence-corrected chi connectivity index (χ1v) is 9.13. The smallest absolute Gasteiger partial charge is 0.326 e. The first kappa shape index (κ1) is 22.2. The van der Waals surface area contributed by atoms with Crippen LogP contribution >= 0.6 is 12.6 Å². The summed E-state index contributed by atoms with van der Waals surface area (Å²) in [6.07, 6.45) is 0.823. The Labute approximate surface area is 170 Å². The van der Waals surface area contributed by atoms with E-state index in [0.29, 0.717) is 5.56 Å². The molecule has 0 radical (unpaired) electrons. The number of nitrogens with one attached hydrogen (secondary N) is 3. The summed E-state index contributed by atoms with van der Waals surface area (Å²) in [6, 6.07) is 4.36. The van der Waals surface area contributed by atoms with Crippen LogP contribution in [0.15, 0.2) is 30.5 Å². The first-order chi connectivity index (χ1) is 13.7. The van der Waals surface area contributed by atoms with Crippen LogP contribution in [0.25, 0.3) is 10.9 Å². The lowest BCUT2D eigenvalue weighted by atomic mass is 10.0. The number of aromatic nitrogens is 1. The molecule has 10 nitrogen and oxygen atoms in total. The molecule has 2 amide bonds. The van der Waals surface area contributed by atoms with Gasteiger partial charge in [0.25, 0.3) is 0 Å². The van der Waals surface area contributed by atoms with Gasteiger partial charge in [0.2, 0.25) is 11.8 Å². The van der Waals surface area contributed by atoms with Crippen LogP contribution in [-0.2, 0) is 25.6 Å². The largest absolute Gasteiger partial charge is 0.481 e. The molecule has 1 aromatic heterocycles. The van der Waals surface area contributed by atoms with Crippen molar-refractivity contribution in [1.82, 2.24) is 15.6 Å². The number of carbonyl (C=O) groups is 4. The van der Waals surface area contributed by atoms with Crippen molar-refractivity contribution in [3.63, 3.8) is 0 Å². The number of aliphatic hydroxyl groups excluding tert-OH is 1. The maximum atomic E-state index is 12.5. The Bertz CT molecular complexity index is 914. The van der Waals surface area contributed by atoms with Crippen LogP contribution in [0.1, 0.15) is 12.0 Å². The van der Waals surface area contributed by atoms with Crippen molar-refractivity contribution in [2.45, 2.75) is 30.2 Å². The lowest BCUT2D eigenvalue weighted by molar-refractivity contribution is -0.143. The second-order valence-corrected chi connectivity index (χ2v) is 6.94. The van der Waals surface area contributed by atoms with E-state index in [9.17, 15) is 24.3 Å². The third-order valence-corrected chi connectivity index (χ3v) is 4.60. The van der Waals surface area contributed by atoms with E-state index in [2.05, 4.69) is 28.2 Å². The van der Waals surface area contributed by atoms with Crippen LogP contribution in [0.2, 0.25) is 0 Å². The Morgan fingerprint density at radius 3 is 2.31 bits per heavy atom. The molecule has 1 aromatic carbocycles. The molecule has 0 saturated carbocycles. The molecule has 1 heterocycles. The van der Waals surface area contributed by atoms with E-state index in [1.165, 1.54) is 0 Å². The van der Waals surface area contributed by atoms with Gasteiger partial charge in [0.15, 0.2) is 0 Å². The molecule has 3 atom stereocenters. The molecule has 0 saturated heterocycles. The monoisotopic (exact) mass is 423 g/mol. The summed E-state index contributed by atoms with van der Waals surface area (Å²) >= 11 is 3.82. The number of amides is 2. The maximum absolute atomic E-state index is 12.5. The lowest BCUT2D eigenvalue weighted by Gasteiger charge is -2.21. The van der Waals surface area contributed by atoms with Gasteiger partial charge < -0.3 is 30.9 Å². The topological polar surface area (TPSA) is 169 Å². The standard InChI is InChI=1S/C18H21N3O7S/c22-8-14(29)17(26)20-12(6-15(23)24)16(25)21-13(18(27)28)5-9-7-19-11-4-2-1-3-10(9)11/h1-4,7,12-14,19,22,29H,5-6,8H2,(H,20,26)(H,21,25)(H,23,24)(H,27,28). The zero-order valence-electron chi connectivity index (χ0n) is 15.2. The van der Waals surface area contributed by atoms with Crippen LogP contribution in [0.5, 0.6) is 0 Å². The van der Waals surface area contributed by atoms with Crippen LogP contribution in [0, 0.1) is 0 Å². The Kier molecular flexibility index (Phi) is 7.62. The molecular formula is C18H21N3O7S. The van der Waals surface area contributed by atoms with Gasteiger partial charge >= 0.3 is 11.9 Å². The summed E-state index contributed by atoms with van der Waals surface area (Å²) in [5, 5.41) is 31.5. The minimum atomic E-state index is -1.52. The molecule has 0 aliphatic heterocycles. The number of aliphatic carboxylic acids is 2. The third-order valence-electron chi connectivity index (χ3n) is 4.20. The van der Waals surface area contributed by atoms with Crippen LogP contribution < -0.4 is 10.6 Å². The molecule has 0 spiro atoms. The Morgan fingerprint density at radius 2 is 1.69 bits per heavy atom. The van der Waals surface area contributed by atoms with Crippen molar-refractivity contribution < 1.29 is 34.5 Å². The first-order valence-electron chi connectivity index (χ1n) is 8.62. The quantitative estimate of drug-likeness (QED) is 0.253. The highest BCUT2D eigenvalue weighted by atomic mass is 32.1. The summed E-state index contributed by atoms with van der Waals surface area (Å²) < 4.78 is 0. The number of carboxylic acid groups (broad SMARTS) is 2. The average molecular weight is 423 g/mol. The lowest BCUT2D eigenvalue weighted by Crippen LogP contribution is -2.54. The molecule has 6 N–H and O–H groups in total. The zero-order valence-corrected chi connectivity index (χ0v) is 16.1. The van der Waals surface area contributed by atoms with Crippen LogP contribution in [0.4, 0.5) is 0 Å². The Hall–Kier alpha value is -3.05. The molecule has 0 fully saturated rings. The third kappa shape index (κ3) is 5.96. The minimum absolute atomic E-state index is 0.0509. The fraction of sp³-hybridized carbons (Fsp3) is 0.333. The van der Waals surface area contributed by atoms with Crippen molar-refractivity contribution in [2.24, 2.45) is 0 Å². The number of benzene rings is 1. The molecule has 156 valence electrons. The molecule has 2 aromatic rings. The molecule has 29 heavy (non-hydrogen) atoms. The molecule has 0 aliphatic carbocycles. The van der Waals surface area contributed by atoms with Crippen molar-refractivity contribution in [2.75, 3.05) is 6.61 Å². The van der Waals surface area contributed by atoms with Crippen molar-refractivity contribution in [3.05, 3.63) is 36.0 Å². The summed E-state index contributed by atoms with van der Waals surface area (Å²) in [5.74, 6) is -4.49. The highest BCUT2D eigenvalue weighted by molar-refractivity contribution is 7.81. The number of thiol groups is 1. The number of H-pyrrole nitrogens is 1. The molecular weight excluding hydrogens is 402 g/mol. The highest BCUT2D eigenvalue weighted by Crippen LogP contribution is 2.19. The number of hydrogen-bond acceptors (Lipinski definition) is 6. The van der Waals surface area contributed by atoms with Crippen molar-refractivity contribution in [3.8, 4) is 0 Å². The summed E-state index contributed by atoms with van der Waals surface area (Å²) in [7, 11) is 0. The normalized spacial score (nSPS) is 14.0. The van der Waals surface area contributed by atoms with Gasteiger partial charge in [-0.1, -0.05) is 18.2 Å². The van der Waals surface area contributed by atoms with E-state index in [1.54, 1.807) is 18.3 Å². The summed E-state index contributed by atoms with van der Waals surface area (Å²) in [6.45, 7) is -0.616. The van der Waals surface area contributed by atoms with E-state index in [4.69, 9.17) is 10.2 Å². The molecule has 11 heteroatoms. The van der Waals surface area contributed by atoms with Gasteiger partial charge in [0, 0.05) is 23.5 Å². The van der Waals surface area contributed by atoms with Gasteiger partial charge in [0.1, 0.15) is 17.3 Å². The van der Waals surface area contributed by atoms with Gasteiger partial charge in [-0.3, -0.25) is 14.4 Å². The van der Waals surface area contributed by atoms with Gasteiger partial charge in [-0.15, -0.1) is 0 Å². The molecule has 3 unspecified atom stereocenters. The second kappa shape index (κ2) is 9.94. The number of aliphatic hydroxyl groups is 1. The van der Waals surface area contributed by atoms with E-state index < -0.39 is 54.1 Å². The Morgan fingerprint density at radius 1 is 1.03 bits per heavy atom. The zero-order chi connectivity index (χ0) is 21.6. The highest BCUT2D eigenvalue weighted by Gasteiger charge is 2.30. The molecule has 2 rings (SSSR count). The fourth-order valence-corrected chi connectivity index (χ4v) is 2.80. The number of aromatic amines is 1. The summed E-state index contributed by atoms with van der Waals surface area (Å²) in [5.41, 5.74) is 1.46. The van der Waals surface area contributed by atoms with E-state index in [1.807, 2.05) is 12.1 Å². The van der Waals surface area contributed by atoms with Gasteiger partial charge in [0.05, 0.1) is 13.0 Å². The van der Waals surface area contributed by atoms with Gasteiger partial charge in [-0.25, -0.2) is 4.79 Å². The number of rotatable bonds is 10. The predicted octanol–water partition coefficient (Wildman–Crippen LogP) is -0.470. The number of fused-ring (bicyclic) bond motifs is 1. The van der Waals surface area contributed by atoms with Gasteiger partial charge in [-0.05, 0) is 11.6 Å². The van der Waals surface area contributed by atoms with Crippen molar-refractivity contribution in [1.29, 1.82) is 0 Å². The van der Waals surface area contributed by atoms with E-state index in [0.717, 1.165) is 10.9 Å². The van der Waals surface area contributed by atoms with Crippen LogP contribution in [-0.4, -0.2) is 68.0 Å². The number of hydrogen-bond donors (Lipinski definition) is 7. The fourth-order valence-electron chi connectivity index (χ4n) is 2.73.